The molecule has 35 heavy (non-hydrogen) atoms. The number of morpholine rings is 1. The van der Waals surface area contributed by atoms with Crippen molar-refractivity contribution in [3.63, 3.8) is 0 Å². The first-order chi connectivity index (χ1) is 16.9. The number of pyridine rings is 2. The van der Waals surface area contributed by atoms with E-state index in [1.54, 1.807) is 41.2 Å². The third kappa shape index (κ3) is 4.62. The zero-order valence-electron chi connectivity index (χ0n) is 18.7. The number of hydrogen-bond acceptors (Lipinski definition) is 6. The van der Waals surface area contributed by atoms with Gasteiger partial charge >= 0.3 is 0 Å². The van der Waals surface area contributed by atoms with E-state index in [0.717, 1.165) is 0 Å². The van der Waals surface area contributed by atoms with Crippen LogP contribution in [0.1, 0.15) is 12.5 Å². The number of rotatable bonds is 6. The highest BCUT2D eigenvalue weighted by Crippen LogP contribution is 2.23. The molecular weight excluding hydrogens is 475 g/mol. The van der Waals surface area contributed by atoms with Gasteiger partial charge in [0.2, 0.25) is 5.91 Å². The van der Waals surface area contributed by atoms with Crippen molar-refractivity contribution in [1.29, 1.82) is 0 Å². The molecule has 1 amide bonds. The zero-order chi connectivity index (χ0) is 24.5. The smallest absolute Gasteiger partial charge is 0.266 e. The quantitative estimate of drug-likeness (QED) is 0.425. The van der Waals surface area contributed by atoms with Gasteiger partial charge < -0.3 is 15.4 Å². The zero-order valence-corrected chi connectivity index (χ0v) is 19.5. The fraction of sp³-hybridized carbons (Fsp3) is 0.250. The summed E-state index contributed by atoms with van der Waals surface area (Å²) in [6.07, 6.45) is 4.32. The number of aromatic nitrogens is 4. The van der Waals surface area contributed by atoms with Crippen molar-refractivity contribution in [1.82, 2.24) is 24.6 Å². The van der Waals surface area contributed by atoms with Gasteiger partial charge in [0.15, 0.2) is 0 Å². The van der Waals surface area contributed by atoms with Gasteiger partial charge in [-0.25, -0.2) is 9.37 Å². The summed E-state index contributed by atoms with van der Waals surface area (Å²) in [5.41, 5.74) is 1.20. The summed E-state index contributed by atoms with van der Waals surface area (Å²) >= 11 is 6.40. The molecule has 0 bridgehead atoms. The van der Waals surface area contributed by atoms with Gasteiger partial charge in [-0.2, -0.15) is 5.10 Å². The van der Waals surface area contributed by atoms with E-state index < -0.39 is 0 Å². The fourth-order valence-electron chi connectivity index (χ4n) is 4.03. The highest BCUT2D eigenvalue weighted by Gasteiger charge is 2.24. The van der Waals surface area contributed by atoms with Gasteiger partial charge in [0, 0.05) is 24.4 Å². The number of hydrogen-bond donors (Lipinski definition) is 2. The van der Waals surface area contributed by atoms with E-state index in [4.69, 9.17) is 16.3 Å². The monoisotopic (exact) mass is 496 g/mol. The Labute approximate surface area is 204 Å². The predicted molar refractivity (Wildman–Crippen MR) is 129 cm³/mol. The predicted octanol–water partition coefficient (Wildman–Crippen LogP) is 2.74. The summed E-state index contributed by atoms with van der Waals surface area (Å²) in [4.78, 5) is 28.9. The average Bonchev–Trinajstić information content (AvgIpc) is 3.26. The molecule has 1 fully saturated rings. The number of halogens is 2. The van der Waals surface area contributed by atoms with Gasteiger partial charge in [-0.05, 0) is 19.1 Å². The molecule has 9 nitrogen and oxygen atoms in total. The van der Waals surface area contributed by atoms with Crippen LogP contribution in [0.25, 0.3) is 16.6 Å². The van der Waals surface area contributed by atoms with Crippen LogP contribution in [0.5, 0.6) is 0 Å². The Hall–Kier alpha value is -3.76. The van der Waals surface area contributed by atoms with Gasteiger partial charge in [0.25, 0.3) is 5.56 Å². The first kappa shape index (κ1) is 23.0. The average molecular weight is 497 g/mol. The van der Waals surface area contributed by atoms with Gasteiger partial charge in [-0.15, -0.1) is 0 Å². The van der Waals surface area contributed by atoms with Crippen molar-refractivity contribution in [3.05, 3.63) is 81.7 Å². The first-order valence-corrected chi connectivity index (χ1v) is 11.4. The molecule has 1 aliphatic rings. The number of benzene rings is 1. The lowest BCUT2D eigenvalue weighted by Crippen LogP contribution is -2.49. The second-order valence-corrected chi connectivity index (χ2v) is 8.70. The molecule has 4 aromatic rings. The third-order valence-electron chi connectivity index (χ3n) is 5.95. The summed E-state index contributed by atoms with van der Waals surface area (Å²) in [5.74, 6) is 0.0234. The lowest BCUT2D eigenvalue weighted by Gasteiger charge is -2.29. The lowest BCUT2D eigenvalue weighted by atomic mass is 10.1. The molecule has 2 N–H and O–H groups in total. The van der Waals surface area contributed by atoms with Crippen LogP contribution < -0.4 is 16.2 Å². The highest BCUT2D eigenvalue weighted by molar-refractivity contribution is 6.32. The Kier molecular flexibility index (Phi) is 6.23. The SMILES string of the molecule is C[C@H](Nc1cc(-n2ccc3c(cnn3Cc3ccccc3F)c2=O)c(Cl)cn1)[C@H]1CNC(=O)CO1. The van der Waals surface area contributed by atoms with Crippen LogP contribution in [0.4, 0.5) is 10.2 Å². The first-order valence-electron chi connectivity index (χ1n) is 11.0. The Balaban J connectivity index is 1.43. The largest absolute Gasteiger partial charge is 0.365 e. The van der Waals surface area contributed by atoms with Crippen molar-refractivity contribution in [2.45, 2.75) is 25.6 Å². The number of nitrogens with one attached hydrogen (secondary N) is 2. The van der Waals surface area contributed by atoms with E-state index in [-0.39, 0.29) is 42.6 Å². The molecule has 0 saturated carbocycles. The van der Waals surface area contributed by atoms with E-state index in [1.165, 1.54) is 23.0 Å². The summed E-state index contributed by atoms with van der Waals surface area (Å²) < 4.78 is 22.7. The van der Waals surface area contributed by atoms with Crippen LogP contribution in [0.15, 0.2) is 59.8 Å². The molecule has 5 rings (SSSR count). The van der Waals surface area contributed by atoms with Gasteiger partial charge in [-0.3, -0.25) is 18.8 Å². The number of amides is 1. The van der Waals surface area contributed by atoms with Crippen LogP contribution in [-0.4, -0.2) is 50.5 Å². The van der Waals surface area contributed by atoms with Crippen molar-refractivity contribution in [3.8, 4) is 5.69 Å². The molecule has 1 aromatic carbocycles. The summed E-state index contributed by atoms with van der Waals surface area (Å²) in [6, 6.07) is 9.72. The van der Waals surface area contributed by atoms with Crippen LogP contribution in [0.3, 0.4) is 0 Å². The van der Waals surface area contributed by atoms with Crippen LogP contribution in [0.2, 0.25) is 5.02 Å². The molecule has 180 valence electrons. The standard InChI is InChI=1S/C24H22ClFN6O3/c1-14(21-11-28-23(33)13-35-21)30-22-8-20(17(25)10-27-22)31-7-6-19-16(24(31)34)9-29-32(19)12-15-4-2-3-5-18(15)26/h2-10,14,21H,11-13H2,1H3,(H,27,30)(H,28,33)/t14-,21+/m0/s1. The summed E-state index contributed by atoms with van der Waals surface area (Å²) in [5, 5.41) is 11.0. The topological polar surface area (TPSA) is 103 Å². The molecular formula is C24H22ClFN6O3. The summed E-state index contributed by atoms with van der Waals surface area (Å²) in [7, 11) is 0. The second-order valence-electron chi connectivity index (χ2n) is 8.29. The Morgan fingerprint density at radius 1 is 1.29 bits per heavy atom. The minimum Gasteiger partial charge on any atom is -0.365 e. The Bertz CT molecular complexity index is 1460. The van der Waals surface area contributed by atoms with E-state index >= 15 is 0 Å². The maximum atomic E-state index is 14.1. The number of fused-ring (bicyclic) bond motifs is 1. The van der Waals surface area contributed by atoms with Crippen molar-refractivity contribution in [2.24, 2.45) is 0 Å². The molecule has 2 atom stereocenters. The van der Waals surface area contributed by atoms with E-state index in [9.17, 15) is 14.0 Å². The van der Waals surface area contributed by atoms with E-state index in [0.29, 0.717) is 39.5 Å². The van der Waals surface area contributed by atoms with Gasteiger partial charge in [0.05, 0.1) is 52.7 Å². The van der Waals surface area contributed by atoms with Gasteiger partial charge in [0.1, 0.15) is 18.2 Å². The van der Waals surface area contributed by atoms with E-state index in [1.807, 2.05) is 6.92 Å². The third-order valence-corrected chi connectivity index (χ3v) is 6.24. The number of carbonyl (C=O) groups is 1. The number of nitrogens with zero attached hydrogens (tertiary/aromatic N) is 4. The molecule has 0 aliphatic carbocycles. The normalized spacial score (nSPS) is 16.8. The molecule has 3 aromatic heterocycles. The van der Waals surface area contributed by atoms with Crippen LogP contribution >= 0.6 is 11.6 Å². The molecule has 0 unspecified atom stereocenters. The molecule has 1 aliphatic heterocycles. The number of ether oxygens (including phenoxy) is 1. The van der Waals surface area contributed by atoms with Crippen molar-refractivity contribution < 1.29 is 13.9 Å². The highest BCUT2D eigenvalue weighted by atomic mass is 35.5. The minimum atomic E-state index is -0.330. The second kappa shape index (κ2) is 9.47. The number of anilines is 1. The van der Waals surface area contributed by atoms with Crippen LogP contribution in [0, 0.1) is 5.82 Å². The van der Waals surface area contributed by atoms with Crippen molar-refractivity contribution in [2.75, 3.05) is 18.5 Å². The number of carbonyl (C=O) groups excluding carboxylic acids is 1. The summed E-state index contributed by atoms with van der Waals surface area (Å²) in [6.45, 7) is 2.52. The Morgan fingerprint density at radius 2 is 2.11 bits per heavy atom. The van der Waals surface area contributed by atoms with Crippen molar-refractivity contribution >= 4 is 34.2 Å². The van der Waals surface area contributed by atoms with Crippen LogP contribution in [-0.2, 0) is 16.1 Å². The maximum Gasteiger partial charge on any atom is 0.266 e. The molecule has 0 spiro atoms. The Morgan fingerprint density at radius 3 is 2.89 bits per heavy atom. The fourth-order valence-corrected chi connectivity index (χ4v) is 4.22. The molecule has 11 heteroatoms. The molecule has 4 heterocycles. The molecule has 0 radical (unpaired) electrons. The van der Waals surface area contributed by atoms with E-state index in [2.05, 4.69) is 20.7 Å². The molecule has 1 saturated heterocycles. The maximum absolute atomic E-state index is 14.1. The lowest BCUT2D eigenvalue weighted by molar-refractivity contribution is -0.133. The minimum absolute atomic E-state index is 0.00991. The van der Waals surface area contributed by atoms with Gasteiger partial charge in [-0.1, -0.05) is 29.8 Å².